The van der Waals surface area contributed by atoms with Gasteiger partial charge in [0.05, 0.1) is 22.6 Å². The van der Waals surface area contributed by atoms with Crippen LogP contribution in [0.5, 0.6) is 5.75 Å². The standard InChI is InChI=1S/C24H34N4O5S2/c1-4-25-11-15-27(16-12-25)34(29,30)21-9-10-23(33-3)22(19-21)26-13-17-28(18-14-26)35(31,32)24-8-6-5-7-20(24)2/h5-10,19H,4,11-18H2,1-3H3. The Hall–Kier alpha value is -2.18. The first kappa shape index (κ1) is 25.9. The number of nitrogens with zero attached hydrogens (tertiary/aromatic N) is 4. The van der Waals surface area contributed by atoms with E-state index in [1.54, 1.807) is 50.4 Å². The fourth-order valence-electron chi connectivity index (χ4n) is 4.67. The Balaban J connectivity index is 1.53. The Morgan fingerprint density at radius 2 is 1.40 bits per heavy atom. The van der Waals surface area contributed by atoms with Gasteiger partial charge in [0.2, 0.25) is 20.0 Å². The van der Waals surface area contributed by atoms with Gasteiger partial charge in [0.15, 0.2) is 0 Å². The predicted molar refractivity (Wildman–Crippen MR) is 136 cm³/mol. The van der Waals surface area contributed by atoms with Crippen molar-refractivity contribution in [1.82, 2.24) is 13.5 Å². The van der Waals surface area contributed by atoms with Crippen molar-refractivity contribution in [2.75, 3.05) is 70.9 Å². The van der Waals surface area contributed by atoms with Crippen molar-refractivity contribution in [3.05, 3.63) is 48.0 Å². The van der Waals surface area contributed by atoms with Crippen LogP contribution in [0.3, 0.4) is 0 Å². The molecule has 0 amide bonds. The largest absolute Gasteiger partial charge is 0.495 e. The van der Waals surface area contributed by atoms with Crippen LogP contribution in [0, 0.1) is 6.92 Å². The van der Waals surface area contributed by atoms with Crippen LogP contribution in [0.4, 0.5) is 5.69 Å². The lowest BCUT2D eigenvalue weighted by Crippen LogP contribution is -2.49. The molecule has 9 nitrogen and oxygen atoms in total. The summed E-state index contributed by atoms with van der Waals surface area (Å²) in [5, 5.41) is 0. The molecule has 35 heavy (non-hydrogen) atoms. The molecule has 2 aromatic rings. The summed E-state index contributed by atoms with van der Waals surface area (Å²) in [6, 6.07) is 11.9. The van der Waals surface area contributed by atoms with Crippen molar-refractivity contribution in [3.63, 3.8) is 0 Å². The molecule has 0 saturated carbocycles. The van der Waals surface area contributed by atoms with Gasteiger partial charge in [-0.2, -0.15) is 8.61 Å². The van der Waals surface area contributed by atoms with E-state index in [-0.39, 0.29) is 4.90 Å². The van der Waals surface area contributed by atoms with Gasteiger partial charge in [-0.1, -0.05) is 25.1 Å². The lowest BCUT2D eigenvalue weighted by molar-refractivity contribution is 0.196. The Kier molecular flexibility index (Phi) is 7.72. The van der Waals surface area contributed by atoms with Crippen LogP contribution in [0.25, 0.3) is 0 Å². The number of piperazine rings is 2. The average Bonchev–Trinajstić information content (AvgIpc) is 2.88. The van der Waals surface area contributed by atoms with Crippen LogP contribution in [0.15, 0.2) is 52.3 Å². The summed E-state index contributed by atoms with van der Waals surface area (Å²) >= 11 is 0. The zero-order valence-electron chi connectivity index (χ0n) is 20.6. The third-order valence-electron chi connectivity index (χ3n) is 6.86. The van der Waals surface area contributed by atoms with E-state index in [4.69, 9.17) is 4.74 Å². The SMILES string of the molecule is CCN1CCN(S(=O)(=O)c2ccc(OC)c(N3CCN(S(=O)(=O)c4ccccc4C)CC3)c2)CC1. The van der Waals surface area contributed by atoms with Crippen LogP contribution in [0.2, 0.25) is 0 Å². The molecule has 2 aromatic carbocycles. The number of likely N-dealkylation sites (N-methyl/N-ethyl adjacent to an activating group) is 1. The van der Waals surface area contributed by atoms with Gasteiger partial charge in [-0.25, -0.2) is 16.8 Å². The minimum absolute atomic E-state index is 0.230. The average molecular weight is 523 g/mol. The van der Waals surface area contributed by atoms with Crippen molar-refractivity contribution in [2.45, 2.75) is 23.6 Å². The van der Waals surface area contributed by atoms with Crippen LogP contribution in [-0.4, -0.2) is 96.4 Å². The highest BCUT2D eigenvalue weighted by Gasteiger charge is 2.32. The van der Waals surface area contributed by atoms with Gasteiger partial charge in [0.1, 0.15) is 5.75 Å². The Bertz CT molecular complexity index is 1250. The summed E-state index contributed by atoms with van der Waals surface area (Å²) in [6.07, 6.45) is 0. The fourth-order valence-corrected chi connectivity index (χ4v) is 7.76. The van der Waals surface area contributed by atoms with Crippen molar-refractivity contribution < 1.29 is 21.6 Å². The van der Waals surface area contributed by atoms with E-state index < -0.39 is 20.0 Å². The van der Waals surface area contributed by atoms with Gasteiger partial charge in [-0.3, -0.25) is 0 Å². The molecule has 2 aliphatic heterocycles. The van der Waals surface area contributed by atoms with Crippen molar-refractivity contribution in [3.8, 4) is 5.75 Å². The van der Waals surface area contributed by atoms with E-state index in [1.165, 1.54) is 8.61 Å². The third-order valence-corrected chi connectivity index (χ3v) is 10.8. The normalized spacial score (nSPS) is 19.1. The molecule has 0 aromatic heterocycles. The van der Waals surface area contributed by atoms with Crippen molar-refractivity contribution in [1.29, 1.82) is 0 Å². The van der Waals surface area contributed by atoms with E-state index in [2.05, 4.69) is 11.8 Å². The zero-order valence-corrected chi connectivity index (χ0v) is 22.2. The number of anilines is 1. The molecule has 0 atom stereocenters. The van der Waals surface area contributed by atoms with Gasteiger partial charge in [-0.15, -0.1) is 0 Å². The van der Waals surface area contributed by atoms with Crippen molar-refractivity contribution >= 4 is 25.7 Å². The van der Waals surface area contributed by atoms with Gasteiger partial charge < -0.3 is 14.5 Å². The number of hydrogen-bond acceptors (Lipinski definition) is 7. The summed E-state index contributed by atoms with van der Waals surface area (Å²) in [6.45, 7) is 8.61. The molecule has 11 heteroatoms. The van der Waals surface area contributed by atoms with Crippen LogP contribution < -0.4 is 9.64 Å². The Morgan fingerprint density at radius 3 is 2.00 bits per heavy atom. The van der Waals surface area contributed by atoms with Gasteiger partial charge >= 0.3 is 0 Å². The second kappa shape index (κ2) is 10.4. The number of methoxy groups -OCH3 is 1. The highest BCUT2D eigenvalue weighted by Crippen LogP contribution is 2.33. The molecule has 0 spiro atoms. The fraction of sp³-hybridized carbons (Fsp3) is 0.500. The first-order valence-corrected chi connectivity index (χ1v) is 14.8. The molecule has 2 heterocycles. The monoisotopic (exact) mass is 522 g/mol. The zero-order chi connectivity index (χ0) is 25.2. The molecular weight excluding hydrogens is 488 g/mol. The third kappa shape index (κ3) is 5.19. The lowest BCUT2D eigenvalue weighted by Gasteiger charge is -2.36. The summed E-state index contributed by atoms with van der Waals surface area (Å²) < 4.78 is 61.6. The molecule has 0 N–H and O–H groups in total. The maximum atomic E-state index is 13.3. The number of ether oxygens (including phenoxy) is 1. The molecule has 2 saturated heterocycles. The first-order chi connectivity index (χ1) is 16.7. The van der Waals surface area contributed by atoms with Crippen LogP contribution in [0.1, 0.15) is 12.5 Å². The molecular formula is C24H34N4O5S2. The van der Waals surface area contributed by atoms with E-state index >= 15 is 0 Å². The second-order valence-electron chi connectivity index (χ2n) is 8.83. The number of hydrogen-bond donors (Lipinski definition) is 0. The maximum absolute atomic E-state index is 13.3. The summed E-state index contributed by atoms with van der Waals surface area (Å²) in [7, 11) is -5.68. The number of sulfonamides is 2. The van der Waals surface area contributed by atoms with E-state index in [0.29, 0.717) is 61.2 Å². The lowest BCUT2D eigenvalue weighted by atomic mass is 10.2. The van der Waals surface area contributed by atoms with E-state index in [9.17, 15) is 16.8 Å². The molecule has 4 rings (SSSR count). The minimum atomic E-state index is -3.64. The Labute approximate surface area is 209 Å². The topological polar surface area (TPSA) is 90.5 Å². The van der Waals surface area contributed by atoms with Crippen LogP contribution >= 0.6 is 0 Å². The molecule has 192 valence electrons. The van der Waals surface area contributed by atoms with Crippen LogP contribution in [-0.2, 0) is 20.0 Å². The predicted octanol–water partition coefficient (Wildman–Crippen LogP) is 1.84. The molecule has 0 aliphatic carbocycles. The van der Waals surface area contributed by atoms with Gasteiger partial charge in [0.25, 0.3) is 0 Å². The van der Waals surface area contributed by atoms with Crippen molar-refractivity contribution in [2.24, 2.45) is 0 Å². The molecule has 2 aliphatic rings. The minimum Gasteiger partial charge on any atom is -0.495 e. The summed E-state index contributed by atoms with van der Waals surface area (Å²) in [4.78, 5) is 4.78. The van der Waals surface area contributed by atoms with E-state index in [0.717, 1.165) is 19.6 Å². The smallest absolute Gasteiger partial charge is 0.243 e. The highest BCUT2D eigenvalue weighted by atomic mass is 32.2. The van der Waals surface area contributed by atoms with E-state index in [1.807, 2.05) is 11.0 Å². The molecule has 0 bridgehead atoms. The molecule has 0 unspecified atom stereocenters. The molecule has 0 radical (unpaired) electrons. The first-order valence-electron chi connectivity index (χ1n) is 11.9. The van der Waals surface area contributed by atoms with Gasteiger partial charge in [0, 0.05) is 52.4 Å². The maximum Gasteiger partial charge on any atom is 0.243 e. The quantitative estimate of drug-likeness (QED) is 0.548. The molecule has 2 fully saturated rings. The number of benzene rings is 2. The second-order valence-corrected chi connectivity index (χ2v) is 12.7. The number of aryl methyl sites for hydroxylation is 1. The number of rotatable bonds is 7. The highest BCUT2D eigenvalue weighted by molar-refractivity contribution is 7.89. The summed E-state index contributed by atoms with van der Waals surface area (Å²) in [5.41, 5.74) is 1.38. The summed E-state index contributed by atoms with van der Waals surface area (Å²) in [5.74, 6) is 0.565. The Morgan fingerprint density at radius 1 is 0.800 bits per heavy atom. The van der Waals surface area contributed by atoms with Gasteiger partial charge in [-0.05, 0) is 43.3 Å².